The van der Waals surface area contributed by atoms with E-state index in [4.69, 9.17) is 20.4 Å². The predicted octanol–water partition coefficient (Wildman–Crippen LogP) is 4.43. The van der Waals surface area contributed by atoms with E-state index in [1.807, 2.05) is 49.5 Å². The molecule has 0 unspecified atom stereocenters. The minimum atomic E-state index is -0.833. The first-order valence-corrected chi connectivity index (χ1v) is 8.66. The fourth-order valence-corrected chi connectivity index (χ4v) is 2.51. The number of hydrogen-bond donors (Lipinski definition) is 3. The van der Waals surface area contributed by atoms with Gasteiger partial charge in [-0.2, -0.15) is 4.73 Å². The Bertz CT molecular complexity index is 1060. The molecule has 152 valence electrons. The summed E-state index contributed by atoms with van der Waals surface area (Å²) in [7, 11) is 0. The third-order valence-electron chi connectivity index (χ3n) is 3.68. The zero-order valence-electron chi connectivity index (χ0n) is 16.5. The molecule has 0 atom stereocenters. The summed E-state index contributed by atoms with van der Waals surface area (Å²) < 4.78 is 0.884. The standard InChI is InChI=1S/C10H9NO.C10H9N.C2H4O2.H2O2/c1-8-4-5-10-9(7-8)3-2-6-11(10)12;1-8-4-5-10-9(7-8)3-2-6-11-10;1-2(3)4;1-2/h2-7H,1H3;2-7H,1H3;1H3,(H,3,4);1-2H. The molecule has 7 heteroatoms. The maximum atomic E-state index is 11.2. The van der Waals surface area contributed by atoms with Gasteiger partial charge in [0.15, 0.2) is 6.20 Å². The number of carboxylic acids is 1. The smallest absolute Gasteiger partial charge is 0.300 e. The Morgan fingerprint density at radius 1 is 0.931 bits per heavy atom. The monoisotopic (exact) mass is 396 g/mol. The van der Waals surface area contributed by atoms with E-state index in [1.165, 1.54) is 22.7 Å². The van der Waals surface area contributed by atoms with Crippen LogP contribution < -0.4 is 4.73 Å². The summed E-state index contributed by atoms with van der Waals surface area (Å²) in [6, 6.07) is 19.8. The third kappa shape index (κ3) is 7.92. The molecule has 0 radical (unpaired) electrons. The minimum absolute atomic E-state index is 0.725. The quantitative estimate of drug-likeness (QED) is 0.175. The van der Waals surface area contributed by atoms with E-state index >= 15 is 0 Å². The molecule has 0 saturated heterocycles. The summed E-state index contributed by atoms with van der Waals surface area (Å²) in [4.78, 5) is 13.2. The molecule has 4 rings (SSSR count). The fraction of sp³-hybridized carbons (Fsp3) is 0.136. The van der Waals surface area contributed by atoms with Crippen LogP contribution in [-0.2, 0) is 4.79 Å². The molecule has 2 aromatic carbocycles. The van der Waals surface area contributed by atoms with Gasteiger partial charge in [-0.15, -0.1) is 0 Å². The van der Waals surface area contributed by atoms with Crippen molar-refractivity contribution in [3.8, 4) is 0 Å². The number of carbonyl (C=O) groups is 1. The first-order chi connectivity index (χ1) is 13.9. The van der Waals surface area contributed by atoms with E-state index in [2.05, 4.69) is 30.1 Å². The summed E-state index contributed by atoms with van der Waals surface area (Å²) >= 11 is 0. The Kier molecular flexibility index (Phi) is 9.73. The molecule has 0 aliphatic rings. The molecule has 0 aliphatic heterocycles. The lowest BCUT2D eigenvalue weighted by Crippen LogP contribution is -2.25. The summed E-state index contributed by atoms with van der Waals surface area (Å²) in [6.07, 6.45) is 3.33. The van der Waals surface area contributed by atoms with Crippen LogP contribution in [0.15, 0.2) is 73.1 Å². The lowest BCUT2D eigenvalue weighted by atomic mass is 10.1. The van der Waals surface area contributed by atoms with Gasteiger partial charge in [0, 0.05) is 36.0 Å². The molecule has 4 aromatic rings. The topological polar surface area (TPSA) is 118 Å². The van der Waals surface area contributed by atoms with Crippen LogP contribution in [0.5, 0.6) is 0 Å². The zero-order valence-corrected chi connectivity index (χ0v) is 16.5. The molecule has 0 amide bonds. The van der Waals surface area contributed by atoms with E-state index in [1.54, 1.807) is 6.07 Å². The number of aromatic nitrogens is 2. The largest absolute Gasteiger partial charge is 0.618 e. The highest BCUT2D eigenvalue weighted by Crippen LogP contribution is 2.12. The van der Waals surface area contributed by atoms with Gasteiger partial charge in [0.1, 0.15) is 0 Å². The summed E-state index contributed by atoms with van der Waals surface area (Å²) in [5.41, 5.74) is 4.25. The van der Waals surface area contributed by atoms with Gasteiger partial charge in [0.25, 0.3) is 5.97 Å². The second kappa shape index (κ2) is 12.0. The van der Waals surface area contributed by atoms with Crippen molar-refractivity contribution in [2.75, 3.05) is 0 Å². The van der Waals surface area contributed by atoms with Gasteiger partial charge in [-0.3, -0.25) is 20.3 Å². The Morgan fingerprint density at radius 3 is 2.14 bits per heavy atom. The highest BCUT2D eigenvalue weighted by atomic mass is 17.0. The second-order valence-corrected chi connectivity index (χ2v) is 6.11. The van der Waals surface area contributed by atoms with E-state index in [9.17, 15) is 5.21 Å². The Hall–Kier alpha value is -3.55. The number of rotatable bonds is 0. The SMILES string of the molecule is CC(=O)O.Cc1ccc2c(ccc[n+]2[O-])c1.Cc1ccc2ncccc2c1.OO. The van der Waals surface area contributed by atoms with Gasteiger partial charge in [0.05, 0.1) is 5.52 Å². The summed E-state index contributed by atoms with van der Waals surface area (Å²) in [6.45, 7) is 5.19. The van der Waals surface area contributed by atoms with Gasteiger partial charge in [-0.25, -0.2) is 0 Å². The number of aliphatic carboxylic acids is 1. The van der Waals surface area contributed by atoms with Crippen molar-refractivity contribution < 1.29 is 25.1 Å². The van der Waals surface area contributed by atoms with E-state index in [0.29, 0.717) is 0 Å². The van der Waals surface area contributed by atoms with Crippen molar-refractivity contribution in [3.05, 3.63) is 89.4 Å². The highest BCUT2D eigenvalue weighted by molar-refractivity contribution is 5.78. The first kappa shape index (κ1) is 23.5. The van der Waals surface area contributed by atoms with Crippen LogP contribution in [0.3, 0.4) is 0 Å². The number of benzene rings is 2. The first-order valence-electron chi connectivity index (χ1n) is 8.66. The number of nitrogens with zero attached hydrogens (tertiary/aromatic N) is 2. The lowest BCUT2D eigenvalue weighted by Gasteiger charge is -2.00. The Labute approximate surface area is 168 Å². The molecule has 0 aliphatic carbocycles. The third-order valence-corrected chi connectivity index (χ3v) is 3.68. The van der Waals surface area contributed by atoms with Crippen molar-refractivity contribution in [2.45, 2.75) is 20.8 Å². The van der Waals surface area contributed by atoms with Gasteiger partial charge in [-0.1, -0.05) is 29.3 Å². The van der Waals surface area contributed by atoms with Crippen LogP contribution >= 0.6 is 0 Å². The Balaban J connectivity index is 0.000000230. The Morgan fingerprint density at radius 2 is 1.48 bits per heavy atom. The molecule has 0 spiro atoms. The van der Waals surface area contributed by atoms with Crippen LogP contribution in [0, 0.1) is 19.1 Å². The van der Waals surface area contributed by atoms with E-state index < -0.39 is 5.97 Å². The van der Waals surface area contributed by atoms with E-state index in [0.717, 1.165) is 28.1 Å². The van der Waals surface area contributed by atoms with Crippen molar-refractivity contribution in [1.82, 2.24) is 4.98 Å². The second-order valence-electron chi connectivity index (χ2n) is 6.11. The normalized spacial score (nSPS) is 9.28. The maximum Gasteiger partial charge on any atom is 0.300 e. The average molecular weight is 396 g/mol. The number of aryl methyl sites for hydroxylation is 2. The number of carboxylic acid groups (broad SMARTS) is 1. The molecule has 2 heterocycles. The molecule has 3 N–H and O–H groups in total. The maximum absolute atomic E-state index is 11.2. The average Bonchev–Trinajstić information content (AvgIpc) is 2.69. The van der Waals surface area contributed by atoms with Crippen LogP contribution in [-0.4, -0.2) is 26.6 Å². The van der Waals surface area contributed by atoms with Crippen LogP contribution in [0.25, 0.3) is 21.8 Å². The zero-order chi connectivity index (χ0) is 21.8. The molecular formula is C22H24N2O5. The van der Waals surface area contributed by atoms with Gasteiger partial charge < -0.3 is 10.3 Å². The molecule has 7 nitrogen and oxygen atoms in total. The molecular weight excluding hydrogens is 372 g/mol. The van der Waals surface area contributed by atoms with Gasteiger partial charge in [-0.05, 0) is 44.2 Å². The van der Waals surface area contributed by atoms with Gasteiger partial charge >= 0.3 is 0 Å². The lowest BCUT2D eigenvalue weighted by molar-refractivity contribution is -0.577. The minimum Gasteiger partial charge on any atom is -0.618 e. The molecule has 0 bridgehead atoms. The van der Waals surface area contributed by atoms with Crippen LogP contribution in [0.2, 0.25) is 0 Å². The van der Waals surface area contributed by atoms with Crippen molar-refractivity contribution in [3.63, 3.8) is 0 Å². The van der Waals surface area contributed by atoms with Crippen molar-refractivity contribution >= 4 is 27.8 Å². The van der Waals surface area contributed by atoms with Crippen LogP contribution in [0.1, 0.15) is 18.1 Å². The molecule has 2 aromatic heterocycles. The fourth-order valence-electron chi connectivity index (χ4n) is 2.51. The molecule has 0 fully saturated rings. The summed E-state index contributed by atoms with van der Waals surface area (Å²) in [5, 5.41) is 32.8. The number of pyridine rings is 2. The summed E-state index contributed by atoms with van der Waals surface area (Å²) in [5.74, 6) is -0.833. The number of hydrogen-bond acceptors (Lipinski definition) is 5. The van der Waals surface area contributed by atoms with Crippen LogP contribution in [0.4, 0.5) is 0 Å². The van der Waals surface area contributed by atoms with E-state index in [-0.39, 0.29) is 0 Å². The molecule has 0 saturated carbocycles. The van der Waals surface area contributed by atoms with Gasteiger partial charge in [0.2, 0.25) is 5.52 Å². The predicted molar refractivity (Wildman–Crippen MR) is 113 cm³/mol. The van der Waals surface area contributed by atoms with Crippen molar-refractivity contribution in [1.29, 1.82) is 0 Å². The van der Waals surface area contributed by atoms with Crippen molar-refractivity contribution in [2.24, 2.45) is 0 Å². The molecule has 29 heavy (non-hydrogen) atoms. The highest BCUT2D eigenvalue weighted by Gasteiger charge is 2.00. The number of fused-ring (bicyclic) bond motifs is 2.